The van der Waals surface area contributed by atoms with Gasteiger partial charge in [0, 0.05) is 13.1 Å². The molecule has 9 heteroatoms. The second-order valence-corrected chi connectivity index (χ2v) is 4.64. The molecule has 0 amide bonds. The van der Waals surface area contributed by atoms with Gasteiger partial charge in [0.1, 0.15) is 12.0 Å². The number of anilines is 1. The summed E-state index contributed by atoms with van der Waals surface area (Å²) in [7, 11) is 0. The molecule has 2 aromatic heterocycles. The van der Waals surface area contributed by atoms with E-state index in [1.807, 2.05) is 0 Å². The molecule has 1 saturated heterocycles. The van der Waals surface area contributed by atoms with Gasteiger partial charge < -0.3 is 4.90 Å². The first-order chi connectivity index (χ1) is 9.45. The summed E-state index contributed by atoms with van der Waals surface area (Å²) >= 11 is 0. The Morgan fingerprint density at radius 2 is 1.80 bits per heavy atom. The number of aromatic nitrogens is 4. The maximum Gasteiger partial charge on any atom is 0.453 e. The summed E-state index contributed by atoms with van der Waals surface area (Å²) < 4.78 is 52.0. The number of nitrogens with zero attached hydrogens (tertiary/aromatic N) is 5. The number of piperidine rings is 1. The molecule has 3 rings (SSSR count). The summed E-state index contributed by atoms with van der Waals surface area (Å²) in [6.07, 6.45) is -4.76. The first-order valence-corrected chi connectivity index (χ1v) is 6.14. The third-order valence-electron chi connectivity index (χ3n) is 3.25. The van der Waals surface area contributed by atoms with Gasteiger partial charge >= 0.3 is 6.18 Å². The topological polar surface area (TPSA) is 46.3 Å². The molecule has 5 nitrogen and oxygen atoms in total. The van der Waals surface area contributed by atoms with E-state index in [0.29, 0.717) is 36.3 Å². The van der Waals surface area contributed by atoms with Gasteiger partial charge in [0.25, 0.3) is 5.82 Å². The minimum absolute atomic E-state index is 0.0291. The molecule has 1 aliphatic heterocycles. The van der Waals surface area contributed by atoms with Crippen LogP contribution in [0.2, 0.25) is 0 Å². The summed E-state index contributed by atoms with van der Waals surface area (Å²) in [5.41, 5.74) is 0.0291. The van der Waals surface area contributed by atoms with Crippen molar-refractivity contribution in [3.05, 3.63) is 18.0 Å². The zero-order valence-corrected chi connectivity index (χ0v) is 10.3. The fourth-order valence-corrected chi connectivity index (χ4v) is 2.20. The van der Waals surface area contributed by atoms with E-state index in [1.165, 1.54) is 6.07 Å². The van der Waals surface area contributed by atoms with Crippen molar-refractivity contribution in [2.45, 2.75) is 25.2 Å². The van der Waals surface area contributed by atoms with Gasteiger partial charge in [-0.15, -0.1) is 15.3 Å². The van der Waals surface area contributed by atoms with E-state index < -0.39 is 18.2 Å². The van der Waals surface area contributed by atoms with E-state index in [4.69, 9.17) is 0 Å². The SMILES string of the molecule is FC1CCN(c2ccc3nnc(C(F)(F)F)n3n2)CC1. The lowest BCUT2D eigenvalue weighted by Gasteiger charge is -2.29. The fraction of sp³-hybridized carbons (Fsp3) is 0.545. The van der Waals surface area contributed by atoms with Crippen molar-refractivity contribution >= 4 is 11.5 Å². The van der Waals surface area contributed by atoms with Gasteiger partial charge in [0.05, 0.1) is 0 Å². The number of hydrogen-bond acceptors (Lipinski definition) is 4. The van der Waals surface area contributed by atoms with E-state index in [1.54, 1.807) is 11.0 Å². The standard InChI is InChI=1S/C11H11F4N5/c12-7-3-5-19(6-4-7)9-2-1-8-16-17-10(11(13,14)15)20(8)18-9/h1-2,7H,3-6H2. The molecule has 0 bridgehead atoms. The van der Waals surface area contributed by atoms with Crippen LogP contribution in [0.1, 0.15) is 18.7 Å². The fourth-order valence-electron chi connectivity index (χ4n) is 2.20. The van der Waals surface area contributed by atoms with Crippen molar-refractivity contribution in [1.29, 1.82) is 0 Å². The third-order valence-corrected chi connectivity index (χ3v) is 3.25. The molecule has 3 heterocycles. The van der Waals surface area contributed by atoms with Gasteiger partial charge in [-0.2, -0.15) is 17.7 Å². The lowest BCUT2D eigenvalue weighted by atomic mass is 10.1. The van der Waals surface area contributed by atoms with Crippen molar-refractivity contribution in [3.8, 4) is 0 Å². The molecule has 1 aliphatic rings. The van der Waals surface area contributed by atoms with Crippen molar-refractivity contribution in [3.63, 3.8) is 0 Å². The highest BCUT2D eigenvalue weighted by Gasteiger charge is 2.37. The Hall–Kier alpha value is -1.93. The van der Waals surface area contributed by atoms with Crippen LogP contribution < -0.4 is 4.90 Å². The van der Waals surface area contributed by atoms with Crippen LogP contribution in [-0.4, -0.2) is 39.1 Å². The van der Waals surface area contributed by atoms with Crippen LogP contribution in [0.5, 0.6) is 0 Å². The summed E-state index contributed by atoms with van der Waals surface area (Å²) in [6, 6.07) is 2.99. The highest BCUT2D eigenvalue weighted by atomic mass is 19.4. The molecule has 0 aromatic carbocycles. The van der Waals surface area contributed by atoms with Crippen LogP contribution >= 0.6 is 0 Å². The maximum absolute atomic E-state index is 13.1. The van der Waals surface area contributed by atoms with Gasteiger partial charge in [-0.05, 0) is 25.0 Å². The van der Waals surface area contributed by atoms with Crippen molar-refractivity contribution in [2.24, 2.45) is 0 Å². The van der Waals surface area contributed by atoms with Crippen LogP contribution in [0.3, 0.4) is 0 Å². The second-order valence-electron chi connectivity index (χ2n) is 4.64. The molecule has 108 valence electrons. The molecule has 0 spiro atoms. The van der Waals surface area contributed by atoms with E-state index in [0.717, 1.165) is 0 Å². The van der Waals surface area contributed by atoms with Gasteiger partial charge in [-0.25, -0.2) is 4.39 Å². The van der Waals surface area contributed by atoms with Gasteiger partial charge in [-0.1, -0.05) is 0 Å². The molecule has 0 saturated carbocycles. The first-order valence-electron chi connectivity index (χ1n) is 6.14. The zero-order chi connectivity index (χ0) is 14.3. The van der Waals surface area contributed by atoms with Gasteiger partial charge in [0.2, 0.25) is 0 Å². The molecule has 1 fully saturated rings. The minimum atomic E-state index is -4.61. The number of alkyl halides is 4. The van der Waals surface area contributed by atoms with Gasteiger partial charge in [-0.3, -0.25) is 0 Å². The Kier molecular flexibility index (Phi) is 2.98. The quantitative estimate of drug-likeness (QED) is 0.754. The predicted molar refractivity (Wildman–Crippen MR) is 62.1 cm³/mol. The molecule has 0 radical (unpaired) electrons. The number of fused-ring (bicyclic) bond motifs is 1. The summed E-state index contributed by atoms with van der Waals surface area (Å²) in [6.45, 7) is 0.867. The average molecular weight is 289 g/mol. The monoisotopic (exact) mass is 289 g/mol. The minimum Gasteiger partial charge on any atom is -0.355 e. The molecule has 2 aromatic rings. The Morgan fingerprint density at radius 3 is 2.45 bits per heavy atom. The zero-order valence-electron chi connectivity index (χ0n) is 10.3. The number of hydrogen-bond donors (Lipinski definition) is 0. The summed E-state index contributed by atoms with van der Waals surface area (Å²) in [5.74, 6) is -0.788. The summed E-state index contributed by atoms with van der Waals surface area (Å²) in [4.78, 5) is 1.76. The van der Waals surface area contributed by atoms with E-state index in [2.05, 4.69) is 15.3 Å². The normalized spacial score (nSPS) is 17.9. The van der Waals surface area contributed by atoms with Crippen LogP contribution in [0, 0.1) is 0 Å². The molecule has 0 aliphatic carbocycles. The third kappa shape index (κ3) is 2.27. The lowest BCUT2D eigenvalue weighted by Crippen LogP contribution is -2.35. The predicted octanol–water partition coefficient (Wildman–Crippen LogP) is 2.08. The Morgan fingerprint density at radius 1 is 1.10 bits per heavy atom. The van der Waals surface area contributed by atoms with Crippen LogP contribution in [-0.2, 0) is 6.18 Å². The number of rotatable bonds is 1. The Balaban J connectivity index is 1.97. The molecule has 0 unspecified atom stereocenters. The molecule has 0 atom stereocenters. The Bertz CT molecular complexity index is 615. The molecule has 0 N–H and O–H groups in total. The van der Waals surface area contributed by atoms with E-state index >= 15 is 0 Å². The van der Waals surface area contributed by atoms with Gasteiger partial charge in [0.15, 0.2) is 5.65 Å². The molecular weight excluding hydrogens is 278 g/mol. The van der Waals surface area contributed by atoms with Crippen LogP contribution in [0.15, 0.2) is 12.1 Å². The van der Waals surface area contributed by atoms with E-state index in [-0.39, 0.29) is 5.65 Å². The maximum atomic E-state index is 13.1. The largest absolute Gasteiger partial charge is 0.453 e. The van der Waals surface area contributed by atoms with Crippen molar-refractivity contribution < 1.29 is 17.6 Å². The van der Waals surface area contributed by atoms with Crippen LogP contribution in [0.4, 0.5) is 23.4 Å². The lowest BCUT2D eigenvalue weighted by molar-refractivity contribution is -0.146. The van der Waals surface area contributed by atoms with Crippen LogP contribution in [0.25, 0.3) is 5.65 Å². The van der Waals surface area contributed by atoms with Crippen molar-refractivity contribution in [2.75, 3.05) is 18.0 Å². The van der Waals surface area contributed by atoms with Crippen molar-refractivity contribution in [1.82, 2.24) is 19.8 Å². The Labute approximate surface area is 111 Å². The highest BCUT2D eigenvalue weighted by molar-refractivity contribution is 5.46. The second kappa shape index (κ2) is 4.57. The smallest absolute Gasteiger partial charge is 0.355 e. The highest BCUT2D eigenvalue weighted by Crippen LogP contribution is 2.28. The number of halogens is 4. The first kappa shape index (κ1) is 13.1. The molecular formula is C11H11F4N5. The average Bonchev–Trinajstić information content (AvgIpc) is 2.82. The molecule has 20 heavy (non-hydrogen) atoms. The van der Waals surface area contributed by atoms with E-state index in [9.17, 15) is 17.6 Å². The summed E-state index contributed by atoms with van der Waals surface area (Å²) in [5, 5.41) is 10.5.